The summed E-state index contributed by atoms with van der Waals surface area (Å²) in [6.07, 6.45) is 2.30. The Labute approximate surface area is 124 Å². The Morgan fingerprint density at radius 1 is 1.15 bits per heavy atom. The summed E-state index contributed by atoms with van der Waals surface area (Å²) in [5, 5.41) is 9.69. The van der Waals surface area contributed by atoms with Crippen molar-refractivity contribution in [2.24, 2.45) is 0 Å². The summed E-state index contributed by atoms with van der Waals surface area (Å²) in [5.74, 6) is 2.81. The molecule has 0 aliphatic carbocycles. The van der Waals surface area contributed by atoms with Crippen LogP contribution in [-0.2, 0) is 6.54 Å². The van der Waals surface area contributed by atoms with E-state index in [1.807, 2.05) is 24.3 Å². The van der Waals surface area contributed by atoms with Crippen LogP contribution in [-0.4, -0.2) is 27.6 Å². The van der Waals surface area contributed by atoms with Gasteiger partial charge in [0.2, 0.25) is 0 Å². The molecule has 0 radical (unpaired) electrons. The second kappa shape index (κ2) is 7.33. The molecule has 0 saturated heterocycles. The summed E-state index contributed by atoms with van der Waals surface area (Å²) in [5.41, 5.74) is 1.08. The number of benzene rings is 1. The van der Waals surface area contributed by atoms with Crippen molar-refractivity contribution in [1.29, 1.82) is 0 Å². The Bertz CT molecular complexity index is 537. The smallest absolute Gasteiger partial charge is 0.191 e. The van der Waals surface area contributed by atoms with Gasteiger partial charge in [0.05, 0.1) is 7.11 Å². The van der Waals surface area contributed by atoms with Crippen molar-refractivity contribution in [3.8, 4) is 17.1 Å². The van der Waals surface area contributed by atoms with Gasteiger partial charge < -0.3 is 9.30 Å². The first-order valence-electron chi connectivity index (χ1n) is 7.00. The maximum atomic E-state index is 5.20. The lowest BCUT2D eigenvalue weighted by atomic mass is 10.2. The second-order valence-electron chi connectivity index (χ2n) is 4.47. The van der Waals surface area contributed by atoms with Gasteiger partial charge in [0.25, 0.3) is 0 Å². The van der Waals surface area contributed by atoms with E-state index in [0.717, 1.165) is 47.4 Å². The molecule has 0 fully saturated rings. The zero-order valence-electron chi connectivity index (χ0n) is 12.3. The Balaban J connectivity index is 2.33. The minimum atomic E-state index is 0.858. The number of ether oxygens (including phenoxy) is 1. The molecule has 4 nitrogen and oxygen atoms in total. The van der Waals surface area contributed by atoms with Gasteiger partial charge in [0.15, 0.2) is 11.0 Å². The molecule has 1 aromatic heterocycles. The summed E-state index contributed by atoms with van der Waals surface area (Å²) in [6.45, 7) is 5.30. The minimum Gasteiger partial charge on any atom is -0.497 e. The highest BCUT2D eigenvalue weighted by molar-refractivity contribution is 7.99. The quantitative estimate of drug-likeness (QED) is 0.726. The molecule has 0 unspecified atom stereocenters. The molecule has 0 spiro atoms. The van der Waals surface area contributed by atoms with Crippen LogP contribution >= 0.6 is 11.8 Å². The van der Waals surface area contributed by atoms with Crippen LogP contribution in [0.25, 0.3) is 11.4 Å². The lowest BCUT2D eigenvalue weighted by Crippen LogP contribution is -2.02. The van der Waals surface area contributed by atoms with Crippen LogP contribution in [0.4, 0.5) is 0 Å². The van der Waals surface area contributed by atoms with E-state index in [1.165, 1.54) is 0 Å². The average molecular weight is 291 g/mol. The Hall–Kier alpha value is -1.49. The molecule has 1 heterocycles. The topological polar surface area (TPSA) is 39.9 Å². The molecule has 2 rings (SSSR count). The van der Waals surface area contributed by atoms with Gasteiger partial charge >= 0.3 is 0 Å². The van der Waals surface area contributed by atoms with Gasteiger partial charge in [0, 0.05) is 12.1 Å². The molecule has 1 aromatic carbocycles. The monoisotopic (exact) mass is 291 g/mol. The molecule has 0 saturated carbocycles. The van der Waals surface area contributed by atoms with Crippen LogP contribution < -0.4 is 4.74 Å². The highest BCUT2D eigenvalue weighted by Crippen LogP contribution is 2.25. The highest BCUT2D eigenvalue weighted by atomic mass is 32.2. The van der Waals surface area contributed by atoms with Crippen LogP contribution in [0, 0.1) is 0 Å². The van der Waals surface area contributed by atoms with E-state index in [2.05, 4.69) is 28.6 Å². The van der Waals surface area contributed by atoms with Gasteiger partial charge in [-0.25, -0.2) is 0 Å². The number of unbranched alkanes of at least 4 members (excludes halogenated alkanes) is 1. The predicted molar refractivity (Wildman–Crippen MR) is 83.3 cm³/mol. The van der Waals surface area contributed by atoms with E-state index in [9.17, 15) is 0 Å². The summed E-state index contributed by atoms with van der Waals surface area (Å²) >= 11 is 1.74. The maximum absolute atomic E-state index is 5.20. The van der Waals surface area contributed by atoms with Gasteiger partial charge in [-0.2, -0.15) is 0 Å². The van der Waals surface area contributed by atoms with E-state index in [0.29, 0.717) is 0 Å². The number of aromatic nitrogens is 3. The number of hydrogen-bond donors (Lipinski definition) is 0. The van der Waals surface area contributed by atoms with Crippen LogP contribution in [0.15, 0.2) is 29.4 Å². The van der Waals surface area contributed by atoms with Crippen molar-refractivity contribution in [3.05, 3.63) is 24.3 Å². The fraction of sp³-hybridized carbons (Fsp3) is 0.467. The molecule has 0 bridgehead atoms. The van der Waals surface area contributed by atoms with Crippen molar-refractivity contribution in [1.82, 2.24) is 14.8 Å². The van der Waals surface area contributed by atoms with Gasteiger partial charge in [-0.3, -0.25) is 0 Å². The summed E-state index contributed by atoms with van der Waals surface area (Å²) in [6, 6.07) is 7.99. The van der Waals surface area contributed by atoms with Crippen LogP contribution in [0.2, 0.25) is 0 Å². The van der Waals surface area contributed by atoms with E-state index in [-0.39, 0.29) is 0 Å². The number of rotatable bonds is 7. The fourth-order valence-electron chi connectivity index (χ4n) is 2.00. The first-order chi connectivity index (χ1) is 9.80. The van der Waals surface area contributed by atoms with E-state index >= 15 is 0 Å². The van der Waals surface area contributed by atoms with Gasteiger partial charge in [-0.1, -0.05) is 32.0 Å². The fourth-order valence-corrected chi connectivity index (χ4v) is 2.69. The third-order valence-corrected chi connectivity index (χ3v) is 3.92. The van der Waals surface area contributed by atoms with Crippen molar-refractivity contribution in [2.75, 3.05) is 12.9 Å². The largest absolute Gasteiger partial charge is 0.497 e. The third kappa shape index (κ3) is 3.33. The lowest BCUT2D eigenvalue weighted by molar-refractivity contribution is 0.415. The molecule has 2 aromatic rings. The number of nitrogens with zero attached hydrogens (tertiary/aromatic N) is 3. The Morgan fingerprint density at radius 3 is 2.50 bits per heavy atom. The molecule has 108 valence electrons. The minimum absolute atomic E-state index is 0.858. The zero-order valence-corrected chi connectivity index (χ0v) is 13.1. The summed E-state index contributed by atoms with van der Waals surface area (Å²) in [7, 11) is 1.68. The first-order valence-corrected chi connectivity index (χ1v) is 7.99. The molecule has 20 heavy (non-hydrogen) atoms. The Morgan fingerprint density at radius 2 is 1.90 bits per heavy atom. The molecule has 0 aliphatic heterocycles. The van der Waals surface area contributed by atoms with Crippen LogP contribution in [0.5, 0.6) is 5.75 Å². The SMILES string of the molecule is CCCCn1c(SCC)nnc1-c1ccc(OC)cc1. The van der Waals surface area contributed by atoms with Crippen molar-refractivity contribution in [2.45, 2.75) is 38.4 Å². The number of hydrogen-bond acceptors (Lipinski definition) is 4. The summed E-state index contributed by atoms with van der Waals surface area (Å²) in [4.78, 5) is 0. The molecular weight excluding hydrogens is 270 g/mol. The normalized spacial score (nSPS) is 10.8. The predicted octanol–water partition coefficient (Wildman–Crippen LogP) is 3.87. The highest BCUT2D eigenvalue weighted by Gasteiger charge is 2.13. The molecule has 5 heteroatoms. The third-order valence-electron chi connectivity index (χ3n) is 3.07. The van der Waals surface area contributed by atoms with Gasteiger partial charge in [-0.15, -0.1) is 10.2 Å². The van der Waals surface area contributed by atoms with Gasteiger partial charge in [-0.05, 0) is 36.4 Å². The molecular formula is C15H21N3OS. The summed E-state index contributed by atoms with van der Waals surface area (Å²) < 4.78 is 7.42. The van der Waals surface area contributed by atoms with E-state index < -0.39 is 0 Å². The number of thioether (sulfide) groups is 1. The standard InChI is InChI=1S/C15H21N3OS/c1-4-6-11-18-14(16-17-15(18)20-5-2)12-7-9-13(19-3)10-8-12/h7-10H,4-6,11H2,1-3H3. The second-order valence-corrected chi connectivity index (χ2v) is 5.70. The Kier molecular flexibility index (Phi) is 5.47. The van der Waals surface area contributed by atoms with E-state index in [1.54, 1.807) is 18.9 Å². The van der Waals surface area contributed by atoms with Crippen LogP contribution in [0.1, 0.15) is 26.7 Å². The number of methoxy groups -OCH3 is 1. The lowest BCUT2D eigenvalue weighted by Gasteiger charge is -2.09. The van der Waals surface area contributed by atoms with E-state index in [4.69, 9.17) is 4.74 Å². The van der Waals surface area contributed by atoms with Crippen molar-refractivity contribution >= 4 is 11.8 Å². The van der Waals surface area contributed by atoms with Gasteiger partial charge in [0.1, 0.15) is 5.75 Å². The first kappa shape index (κ1) is 14.9. The van der Waals surface area contributed by atoms with Crippen LogP contribution in [0.3, 0.4) is 0 Å². The zero-order chi connectivity index (χ0) is 14.4. The average Bonchev–Trinajstić information content (AvgIpc) is 2.88. The molecule has 0 N–H and O–H groups in total. The molecule has 0 atom stereocenters. The van der Waals surface area contributed by atoms with Crippen molar-refractivity contribution < 1.29 is 4.74 Å². The molecule has 0 amide bonds. The molecule has 0 aliphatic rings. The maximum Gasteiger partial charge on any atom is 0.191 e. The van der Waals surface area contributed by atoms with Crippen molar-refractivity contribution in [3.63, 3.8) is 0 Å².